The van der Waals surface area contributed by atoms with Crippen LogP contribution in [0.4, 0.5) is 0 Å². The normalized spacial score (nSPS) is 10.8. The molecular weight excluding hydrogens is 463 g/mol. The number of rotatable bonds is 6. The van der Waals surface area contributed by atoms with E-state index in [4.69, 9.17) is 27.9 Å². The maximum atomic E-state index is 12.2. The highest BCUT2D eigenvalue weighted by Crippen LogP contribution is 2.23. The Morgan fingerprint density at radius 3 is 2.54 bits per heavy atom. The van der Waals surface area contributed by atoms with E-state index in [-0.39, 0.29) is 5.91 Å². The van der Waals surface area contributed by atoms with Gasteiger partial charge in [-0.2, -0.15) is 5.10 Å². The van der Waals surface area contributed by atoms with Crippen LogP contribution in [0.3, 0.4) is 0 Å². The number of nitrogens with zero attached hydrogens (tertiary/aromatic N) is 1. The van der Waals surface area contributed by atoms with Crippen LogP contribution in [0.15, 0.2) is 76.3 Å². The number of carbonyl (C=O) groups excluding carboxylic acids is 1. The fourth-order valence-electron chi connectivity index (χ4n) is 2.32. The Labute approximate surface area is 181 Å². The van der Waals surface area contributed by atoms with Gasteiger partial charge in [-0.1, -0.05) is 57.3 Å². The molecule has 0 aromatic heterocycles. The summed E-state index contributed by atoms with van der Waals surface area (Å²) in [5.74, 6) is 0.336. The first-order valence-corrected chi connectivity index (χ1v) is 9.82. The average molecular weight is 478 g/mol. The second kappa shape index (κ2) is 9.73. The monoisotopic (exact) mass is 476 g/mol. The number of ether oxygens (including phenoxy) is 1. The zero-order chi connectivity index (χ0) is 19.9. The first-order valence-electron chi connectivity index (χ1n) is 8.27. The van der Waals surface area contributed by atoms with Crippen LogP contribution in [0, 0.1) is 0 Å². The standard InChI is InChI=1S/C21H15BrCl2N2O2/c22-17-3-1-2-14(10-17)12-25-26-21(27)16-5-7-18(8-6-16)28-13-15-4-9-19(23)20(24)11-15/h1-12H,13H2,(H,26,27). The van der Waals surface area contributed by atoms with Gasteiger partial charge in [0, 0.05) is 10.0 Å². The minimum absolute atomic E-state index is 0.303. The Kier molecular flexibility index (Phi) is 7.09. The van der Waals surface area contributed by atoms with Crippen LogP contribution in [0.5, 0.6) is 5.75 Å². The fraction of sp³-hybridized carbons (Fsp3) is 0.0476. The number of carbonyl (C=O) groups is 1. The predicted molar refractivity (Wildman–Crippen MR) is 116 cm³/mol. The molecule has 0 heterocycles. The molecule has 0 unspecified atom stereocenters. The van der Waals surface area contributed by atoms with Crippen molar-refractivity contribution in [1.82, 2.24) is 5.43 Å². The maximum absolute atomic E-state index is 12.2. The Morgan fingerprint density at radius 2 is 1.82 bits per heavy atom. The predicted octanol–water partition coefficient (Wildman–Crippen LogP) is 6.10. The van der Waals surface area contributed by atoms with Crippen LogP contribution in [0.2, 0.25) is 10.0 Å². The Hall–Kier alpha value is -2.34. The largest absolute Gasteiger partial charge is 0.489 e. The van der Waals surface area contributed by atoms with E-state index in [2.05, 4.69) is 26.5 Å². The highest BCUT2D eigenvalue weighted by atomic mass is 79.9. The van der Waals surface area contributed by atoms with Crippen molar-refractivity contribution in [2.75, 3.05) is 0 Å². The number of hydrazone groups is 1. The van der Waals surface area contributed by atoms with Crippen LogP contribution in [-0.2, 0) is 6.61 Å². The zero-order valence-corrected chi connectivity index (χ0v) is 17.6. The maximum Gasteiger partial charge on any atom is 0.271 e. The van der Waals surface area contributed by atoms with E-state index >= 15 is 0 Å². The van der Waals surface area contributed by atoms with E-state index in [0.29, 0.717) is 28.0 Å². The van der Waals surface area contributed by atoms with Crippen molar-refractivity contribution in [3.63, 3.8) is 0 Å². The van der Waals surface area contributed by atoms with Crippen LogP contribution in [0.1, 0.15) is 21.5 Å². The summed E-state index contributed by atoms with van der Waals surface area (Å²) < 4.78 is 6.65. The molecule has 0 aliphatic rings. The molecule has 1 N–H and O–H groups in total. The molecule has 0 saturated heterocycles. The Bertz CT molecular complexity index is 1010. The third-order valence-electron chi connectivity index (χ3n) is 3.73. The molecule has 0 atom stereocenters. The van der Waals surface area contributed by atoms with E-state index in [1.54, 1.807) is 42.6 Å². The fourth-order valence-corrected chi connectivity index (χ4v) is 3.05. The van der Waals surface area contributed by atoms with E-state index in [0.717, 1.165) is 15.6 Å². The van der Waals surface area contributed by atoms with Crippen molar-refractivity contribution in [3.05, 3.63) is 97.9 Å². The lowest BCUT2D eigenvalue weighted by molar-refractivity contribution is 0.0955. The van der Waals surface area contributed by atoms with Gasteiger partial charge in [0.15, 0.2) is 0 Å². The molecule has 4 nitrogen and oxygen atoms in total. The summed E-state index contributed by atoms with van der Waals surface area (Å²) in [5.41, 5.74) is 4.76. The summed E-state index contributed by atoms with van der Waals surface area (Å²) in [7, 11) is 0. The topological polar surface area (TPSA) is 50.7 Å². The Morgan fingerprint density at radius 1 is 1.04 bits per heavy atom. The van der Waals surface area contributed by atoms with E-state index in [9.17, 15) is 4.79 Å². The summed E-state index contributed by atoms with van der Waals surface area (Å²) in [4.78, 5) is 12.2. The van der Waals surface area contributed by atoms with E-state index < -0.39 is 0 Å². The Balaban J connectivity index is 1.54. The van der Waals surface area contributed by atoms with Gasteiger partial charge in [0.1, 0.15) is 12.4 Å². The van der Waals surface area contributed by atoms with Gasteiger partial charge in [0.05, 0.1) is 16.3 Å². The smallest absolute Gasteiger partial charge is 0.271 e. The van der Waals surface area contributed by atoms with Gasteiger partial charge >= 0.3 is 0 Å². The lowest BCUT2D eigenvalue weighted by atomic mass is 10.2. The van der Waals surface area contributed by atoms with Gasteiger partial charge in [-0.05, 0) is 59.7 Å². The number of benzene rings is 3. The van der Waals surface area contributed by atoms with Gasteiger partial charge < -0.3 is 4.74 Å². The third kappa shape index (κ3) is 5.83. The SMILES string of the molecule is O=C(NN=Cc1cccc(Br)c1)c1ccc(OCc2ccc(Cl)c(Cl)c2)cc1. The van der Waals surface area contributed by atoms with Crippen molar-refractivity contribution >= 4 is 51.3 Å². The highest BCUT2D eigenvalue weighted by molar-refractivity contribution is 9.10. The second-order valence-electron chi connectivity index (χ2n) is 5.82. The summed E-state index contributed by atoms with van der Waals surface area (Å²) in [5, 5.41) is 4.96. The minimum atomic E-state index is -0.303. The van der Waals surface area contributed by atoms with Gasteiger partial charge in [0.2, 0.25) is 0 Å². The summed E-state index contributed by atoms with van der Waals surface area (Å²) in [6.45, 7) is 0.347. The first-order chi connectivity index (χ1) is 13.5. The molecule has 0 bridgehead atoms. The van der Waals surface area contributed by atoms with Gasteiger partial charge in [0.25, 0.3) is 5.91 Å². The lowest BCUT2D eigenvalue weighted by Gasteiger charge is -2.08. The summed E-state index contributed by atoms with van der Waals surface area (Å²) >= 11 is 15.3. The molecule has 7 heteroatoms. The number of hydrogen-bond donors (Lipinski definition) is 1. The van der Waals surface area contributed by atoms with Crippen LogP contribution in [-0.4, -0.2) is 12.1 Å². The molecule has 0 fully saturated rings. The molecule has 0 radical (unpaired) electrons. The van der Waals surface area contributed by atoms with Crippen LogP contribution >= 0.6 is 39.1 Å². The number of hydrogen-bond acceptors (Lipinski definition) is 3. The zero-order valence-electron chi connectivity index (χ0n) is 14.5. The quantitative estimate of drug-likeness (QED) is 0.344. The highest BCUT2D eigenvalue weighted by Gasteiger charge is 2.05. The summed E-state index contributed by atoms with van der Waals surface area (Å²) in [6.07, 6.45) is 1.58. The molecule has 142 valence electrons. The molecule has 0 spiro atoms. The molecule has 0 aliphatic heterocycles. The van der Waals surface area contributed by atoms with Crippen molar-refractivity contribution in [2.45, 2.75) is 6.61 Å². The molecule has 1 amide bonds. The van der Waals surface area contributed by atoms with Crippen molar-refractivity contribution in [2.24, 2.45) is 5.10 Å². The van der Waals surface area contributed by atoms with Gasteiger partial charge in [-0.15, -0.1) is 0 Å². The summed E-state index contributed by atoms with van der Waals surface area (Å²) in [6, 6.07) is 19.7. The average Bonchev–Trinajstić information content (AvgIpc) is 2.69. The molecule has 3 rings (SSSR count). The van der Waals surface area contributed by atoms with Gasteiger partial charge in [-0.25, -0.2) is 5.43 Å². The number of halogens is 3. The molecule has 0 saturated carbocycles. The molecule has 3 aromatic rings. The minimum Gasteiger partial charge on any atom is -0.489 e. The van der Waals surface area contributed by atoms with Crippen molar-refractivity contribution < 1.29 is 9.53 Å². The molecule has 28 heavy (non-hydrogen) atoms. The van der Waals surface area contributed by atoms with E-state index in [1.807, 2.05) is 30.3 Å². The van der Waals surface area contributed by atoms with E-state index in [1.165, 1.54) is 0 Å². The molecule has 0 aliphatic carbocycles. The third-order valence-corrected chi connectivity index (χ3v) is 4.97. The molecule has 3 aromatic carbocycles. The molecular formula is C21H15BrCl2N2O2. The second-order valence-corrected chi connectivity index (χ2v) is 7.55. The number of nitrogens with one attached hydrogen (secondary N) is 1. The van der Waals surface area contributed by atoms with Crippen molar-refractivity contribution in [3.8, 4) is 5.75 Å². The van der Waals surface area contributed by atoms with Crippen LogP contribution in [0.25, 0.3) is 0 Å². The van der Waals surface area contributed by atoms with Crippen molar-refractivity contribution in [1.29, 1.82) is 0 Å². The van der Waals surface area contributed by atoms with Gasteiger partial charge in [-0.3, -0.25) is 4.79 Å². The van der Waals surface area contributed by atoms with Crippen LogP contribution < -0.4 is 10.2 Å². The lowest BCUT2D eigenvalue weighted by Crippen LogP contribution is -2.17. The number of amides is 1. The first kappa shape index (κ1) is 20.4.